The molecule has 0 unspecified atom stereocenters. The van der Waals surface area contributed by atoms with E-state index in [1.165, 1.54) is 0 Å². The van der Waals surface area contributed by atoms with Crippen LogP contribution in [0.15, 0.2) is 30.3 Å². The van der Waals surface area contributed by atoms with E-state index in [9.17, 15) is 9.59 Å². The van der Waals surface area contributed by atoms with Gasteiger partial charge in [-0.2, -0.15) is 0 Å². The van der Waals surface area contributed by atoms with Gasteiger partial charge in [0.15, 0.2) is 17.0 Å². The lowest BCUT2D eigenvalue weighted by atomic mass is 9.90. The second-order valence-electron chi connectivity index (χ2n) is 6.75. The fourth-order valence-corrected chi connectivity index (χ4v) is 3.18. The zero-order valence-electron chi connectivity index (χ0n) is 13.6. The monoisotopic (exact) mass is 320 g/mol. The molecule has 6 nitrogen and oxygen atoms in total. The highest BCUT2D eigenvalue weighted by atomic mass is 16.8. The lowest BCUT2D eigenvalue weighted by molar-refractivity contribution is -0.209. The molecule has 2 aliphatic rings. The molecule has 2 aliphatic heterocycles. The number of hydrogen-bond acceptors (Lipinski definition) is 6. The van der Waals surface area contributed by atoms with Crippen LogP contribution in [0.5, 0.6) is 0 Å². The van der Waals surface area contributed by atoms with Crippen LogP contribution >= 0.6 is 0 Å². The molecule has 3 atom stereocenters. The Labute approximate surface area is 134 Å². The van der Waals surface area contributed by atoms with Crippen molar-refractivity contribution >= 4 is 11.9 Å². The first-order chi connectivity index (χ1) is 10.7. The molecule has 3 rings (SSSR count). The van der Waals surface area contributed by atoms with Crippen molar-refractivity contribution < 1.29 is 28.5 Å². The van der Waals surface area contributed by atoms with Crippen LogP contribution in [0.1, 0.15) is 38.1 Å². The number of benzene rings is 1. The van der Waals surface area contributed by atoms with Gasteiger partial charge in [0.25, 0.3) is 0 Å². The Kier molecular flexibility index (Phi) is 3.50. The Morgan fingerprint density at radius 2 is 1.83 bits per heavy atom. The molecule has 0 amide bonds. The fourth-order valence-electron chi connectivity index (χ4n) is 3.18. The number of rotatable bonds is 3. The molecule has 1 aromatic rings. The van der Waals surface area contributed by atoms with E-state index in [1.807, 2.05) is 6.07 Å². The van der Waals surface area contributed by atoms with Crippen LogP contribution in [0, 0.1) is 0 Å². The quantitative estimate of drug-likeness (QED) is 0.794. The average Bonchev–Trinajstić information content (AvgIpc) is 2.85. The first-order valence-electron chi connectivity index (χ1n) is 7.50. The minimum atomic E-state index is -1.20. The molecule has 124 valence electrons. The number of fused-ring (bicyclic) bond motifs is 1. The van der Waals surface area contributed by atoms with Gasteiger partial charge in [-0.15, -0.1) is 0 Å². The summed E-state index contributed by atoms with van der Waals surface area (Å²) in [5.74, 6) is -1.88. The number of cyclic esters (lactones) is 1. The van der Waals surface area contributed by atoms with Crippen molar-refractivity contribution in [3.63, 3.8) is 0 Å². The molecule has 6 heteroatoms. The van der Waals surface area contributed by atoms with Crippen molar-refractivity contribution in [2.24, 2.45) is 0 Å². The van der Waals surface area contributed by atoms with Crippen LogP contribution in [0.2, 0.25) is 0 Å². The maximum Gasteiger partial charge on any atom is 0.341 e. The summed E-state index contributed by atoms with van der Waals surface area (Å²) in [5.41, 5.74) is -1.85. The van der Waals surface area contributed by atoms with Crippen LogP contribution in [-0.2, 0) is 23.7 Å². The van der Waals surface area contributed by atoms with E-state index in [0.717, 1.165) is 0 Å². The summed E-state index contributed by atoms with van der Waals surface area (Å²) in [6.07, 6.45) is -0.652. The molecule has 0 aliphatic carbocycles. The van der Waals surface area contributed by atoms with E-state index in [0.29, 0.717) is 5.56 Å². The van der Waals surface area contributed by atoms with Crippen LogP contribution in [0.25, 0.3) is 0 Å². The van der Waals surface area contributed by atoms with Gasteiger partial charge in [0.1, 0.15) is 12.7 Å². The highest BCUT2D eigenvalue weighted by Crippen LogP contribution is 2.48. The van der Waals surface area contributed by atoms with Gasteiger partial charge < -0.3 is 18.9 Å². The number of carbonyl (C=O) groups excluding carboxylic acids is 2. The highest BCUT2D eigenvalue weighted by molar-refractivity contribution is 5.89. The zero-order valence-corrected chi connectivity index (χ0v) is 13.6. The Hall–Kier alpha value is -1.92. The summed E-state index contributed by atoms with van der Waals surface area (Å²) in [7, 11) is 0. The molecule has 2 heterocycles. The third-order valence-corrected chi connectivity index (χ3v) is 4.14. The molecule has 0 aromatic heterocycles. The second kappa shape index (κ2) is 5.04. The Balaban J connectivity index is 1.75. The molecule has 0 radical (unpaired) electrons. The summed E-state index contributed by atoms with van der Waals surface area (Å²) < 4.78 is 22.3. The maximum atomic E-state index is 12.2. The first kappa shape index (κ1) is 16.0. The molecule has 0 saturated carbocycles. The van der Waals surface area contributed by atoms with Crippen molar-refractivity contribution in [1.29, 1.82) is 0 Å². The van der Waals surface area contributed by atoms with Crippen LogP contribution in [0.3, 0.4) is 0 Å². The van der Waals surface area contributed by atoms with Gasteiger partial charge in [0, 0.05) is 0 Å². The Morgan fingerprint density at radius 3 is 2.48 bits per heavy atom. The molecule has 1 aromatic carbocycles. The van der Waals surface area contributed by atoms with Crippen LogP contribution < -0.4 is 0 Å². The molecule has 0 spiro atoms. The lowest BCUT2D eigenvalue weighted by Crippen LogP contribution is -2.48. The maximum absolute atomic E-state index is 12.2. The van der Waals surface area contributed by atoms with Crippen LogP contribution in [0.4, 0.5) is 0 Å². The predicted octanol–water partition coefficient (Wildman–Crippen LogP) is 2.07. The second-order valence-corrected chi connectivity index (χ2v) is 6.75. The summed E-state index contributed by atoms with van der Waals surface area (Å²) in [6.45, 7) is 6.69. The number of esters is 2. The minimum Gasteiger partial charge on any atom is -0.458 e. The van der Waals surface area contributed by atoms with E-state index >= 15 is 0 Å². The van der Waals surface area contributed by atoms with E-state index in [-0.39, 0.29) is 6.61 Å². The van der Waals surface area contributed by atoms with Crippen molar-refractivity contribution in [3.8, 4) is 0 Å². The Bertz CT molecular complexity index is 640. The SMILES string of the molecule is CC1(C)O[C@@H]2[C@@](C)(COC(=O)c3ccccc3)OC(=O)[C@]2(C)O1. The standard InChI is InChI=1S/C17H20O6/c1-15(2)21-13-16(3,22-14(19)17(13,4)23-15)10-20-12(18)11-8-6-5-7-9-11/h5-9,13H,10H2,1-4H3/t13-,16-,17-/m1/s1. The summed E-state index contributed by atoms with van der Waals surface area (Å²) in [4.78, 5) is 24.3. The zero-order chi connectivity index (χ0) is 16.9. The molecule has 23 heavy (non-hydrogen) atoms. The third kappa shape index (κ3) is 2.62. The van der Waals surface area contributed by atoms with Crippen molar-refractivity contribution in [2.75, 3.05) is 6.61 Å². The summed E-state index contributed by atoms with van der Waals surface area (Å²) in [6, 6.07) is 8.64. The molecule has 2 fully saturated rings. The van der Waals surface area contributed by atoms with Gasteiger partial charge in [0.2, 0.25) is 0 Å². The number of hydrogen-bond donors (Lipinski definition) is 0. The van der Waals surface area contributed by atoms with E-state index in [2.05, 4.69) is 0 Å². The predicted molar refractivity (Wildman–Crippen MR) is 79.7 cm³/mol. The van der Waals surface area contributed by atoms with Crippen molar-refractivity contribution in [1.82, 2.24) is 0 Å². The molecule has 0 N–H and O–H groups in total. The lowest BCUT2D eigenvalue weighted by Gasteiger charge is -2.29. The van der Waals surface area contributed by atoms with E-state index in [1.54, 1.807) is 52.0 Å². The molecular weight excluding hydrogens is 300 g/mol. The van der Waals surface area contributed by atoms with Gasteiger partial charge in [-0.1, -0.05) is 18.2 Å². The normalized spacial score (nSPS) is 34.8. The van der Waals surface area contributed by atoms with E-state index < -0.39 is 35.0 Å². The summed E-state index contributed by atoms with van der Waals surface area (Å²) in [5, 5.41) is 0. The molecular formula is C17H20O6. The number of carbonyl (C=O) groups is 2. The fraction of sp³-hybridized carbons (Fsp3) is 0.529. The van der Waals surface area contributed by atoms with E-state index in [4.69, 9.17) is 18.9 Å². The van der Waals surface area contributed by atoms with Gasteiger partial charge in [-0.25, -0.2) is 9.59 Å². The largest absolute Gasteiger partial charge is 0.458 e. The number of ether oxygens (including phenoxy) is 4. The van der Waals surface area contributed by atoms with Crippen molar-refractivity contribution in [2.45, 2.75) is 50.8 Å². The van der Waals surface area contributed by atoms with Gasteiger partial charge in [-0.3, -0.25) is 0 Å². The van der Waals surface area contributed by atoms with Gasteiger partial charge in [-0.05, 0) is 39.8 Å². The highest BCUT2D eigenvalue weighted by Gasteiger charge is 2.69. The summed E-state index contributed by atoms with van der Waals surface area (Å²) >= 11 is 0. The topological polar surface area (TPSA) is 71.1 Å². The molecule has 0 bridgehead atoms. The van der Waals surface area contributed by atoms with Gasteiger partial charge >= 0.3 is 11.9 Å². The van der Waals surface area contributed by atoms with Crippen LogP contribution in [-0.4, -0.2) is 41.6 Å². The van der Waals surface area contributed by atoms with Gasteiger partial charge in [0.05, 0.1) is 5.56 Å². The Morgan fingerprint density at radius 1 is 1.17 bits per heavy atom. The third-order valence-electron chi connectivity index (χ3n) is 4.14. The first-order valence-corrected chi connectivity index (χ1v) is 7.50. The molecule has 2 saturated heterocycles. The van der Waals surface area contributed by atoms with Crippen molar-refractivity contribution in [3.05, 3.63) is 35.9 Å². The smallest absolute Gasteiger partial charge is 0.341 e. The minimum absolute atomic E-state index is 0.105. The average molecular weight is 320 g/mol.